The molecule has 0 aromatic heterocycles. The molecule has 1 N–H and O–H groups in total. The predicted molar refractivity (Wildman–Crippen MR) is 121 cm³/mol. The SMILES string of the molecule is Cc1cc(NC(=O)COC(=O)[C@@H](C(C)C)N2C(=O)[C@@H]3[C@H](C2=O)[C@H]2C=C[C@H]3C2)cc(C)c1Br. The number of halogens is 1. The topological polar surface area (TPSA) is 92.8 Å². The number of nitrogens with one attached hydrogen (secondary N) is 1. The summed E-state index contributed by atoms with van der Waals surface area (Å²) in [5.41, 5.74) is 2.54. The maximum atomic E-state index is 13.1. The number of imide groups is 1. The molecule has 3 amide bonds. The molecular weight excluding hydrogens is 476 g/mol. The van der Waals surface area contributed by atoms with Gasteiger partial charge in [0.05, 0.1) is 11.8 Å². The molecule has 170 valence electrons. The number of likely N-dealkylation sites (tertiary alicyclic amines) is 1. The molecule has 7 nitrogen and oxygen atoms in total. The zero-order valence-corrected chi connectivity index (χ0v) is 20.1. The largest absolute Gasteiger partial charge is 0.454 e. The van der Waals surface area contributed by atoms with E-state index in [1.165, 1.54) is 0 Å². The van der Waals surface area contributed by atoms with Crippen LogP contribution in [-0.2, 0) is 23.9 Å². The molecule has 2 fully saturated rings. The fourth-order valence-corrected chi connectivity index (χ4v) is 5.54. The van der Waals surface area contributed by atoms with E-state index in [0.717, 1.165) is 26.9 Å². The Morgan fingerprint density at radius 1 is 1.09 bits per heavy atom. The summed E-state index contributed by atoms with van der Waals surface area (Å²) in [5, 5.41) is 2.72. The van der Waals surface area contributed by atoms with Crippen LogP contribution in [0.2, 0.25) is 0 Å². The first-order valence-corrected chi connectivity index (χ1v) is 11.7. The fraction of sp³-hybridized carbons (Fsp3) is 0.500. The van der Waals surface area contributed by atoms with Gasteiger partial charge >= 0.3 is 5.97 Å². The van der Waals surface area contributed by atoms with Crippen molar-refractivity contribution in [3.8, 4) is 0 Å². The minimum Gasteiger partial charge on any atom is -0.454 e. The maximum Gasteiger partial charge on any atom is 0.330 e. The number of amides is 3. The Morgan fingerprint density at radius 2 is 1.62 bits per heavy atom. The molecular formula is C24H27BrN2O5. The van der Waals surface area contributed by atoms with Crippen LogP contribution in [0.4, 0.5) is 5.69 Å². The quantitative estimate of drug-likeness (QED) is 0.365. The van der Waals surface area contributed by atoms with Gasteiger partial charge < -0.3 is 10.1 Å². The smallest absolute Gasteiger partial charge is 0.330 e. The van der Waals surface area contributed by atoms with Gasteiger partial charge in [0, 0.05) is 10.2 Å². The van der Waals surface area contributed by atoms with Crippen molar-refractivity contribution in [2.24, 2.45) is 29.6 Å². The molecule has 32 heavy (non-hydrogen) atoms. The molecule has 5 atom stereocenters. The van der Waals surface area contributed by atoms with Gasteiger partial charge in [-0.25, -0.2) is 4.79 Å². The summed E-state index contributed by atoms with van der Waals surface area (Å²) in [7, 11) is 0. The molecule has 4 rings (SSSR count). The summed E-state index contributed by atoms with van der Waals surface area (Å²) in [5.74, 6) is -2.76. The van der Waals surface area contributed by atoms with Crippen LogP contribution in [0.3, 0.4) is 0 Å². The fourth-order valence-electron chi connectivity index (χ4n) is 5.31. The van der Waals surface area contributed by atoms with E-state index in [1.807, 2.05) is 38.1 Å². The number of fused-ring (bicyclic) bond motifs is 5. The van der Waals surface area contributed by atoms with Gasteiger partial charge in [-0.15, -0.1) is 0 Å². The Morgan fingerprint density at radius 3 is 2.12 bits per heavy atom. The zero-order chi connectivity index (χ0) is 23.3. The van der Waals surface area contributed by atoms with Gasteiger partial charge in [0.2, 0.25) is 11.8 Å². The number of allylic oxidation sites excluding steroid dienone is 2. The lowest BCUT2D eigenvalue weighted by Crippen LogP contribution is -2.50. The summed E-state index contributed by atoms with van der Waals surface area (Å²) >= 11 is 3.48. The molecule has 1 heterocycles. The second-order valence-electron chi connectivity index (χ2n) is 9.32. The molecule has 0 unspecified atom stereocenters. The summed E-state index contributed by atoms with van der Waals surface area (Å²) in [6.07, 6.45) is 4.85. The van der Waals surface area contributed by atoms with Crippen molar-refractivity contribution >= 4 is 45.3 Å². The Balaban J connectivity index is 1.42. The molecule has 1 aromatic carbocycles. The molecule has 2 aliphatic carbocycles. The number of rotatable bonds is 6. The summed E-state index contributed by atoms with van der Waals surface area (Å²) < 4.78 is 6.23. The number of anilines is 1. The van der Waals surface area contributed by atoms with Gasteiger partial charge in [-0.3, -0.25) is 19.3 Å². The number of carbonyl (C=O) groups excluding carboxylic acids is 4. The van der Waals surface area contributed by atoms with Gasteiger partial charge in [-0.05, 0) is 61.3 Å². The number of hydrogen-bond donors (Lipinski definition) is 1. The highest BCUT2D eigenvalue weighted by molar-refractivity contribution is 9.10. The van der Waals surface area contributed by atoms with Crippen LogP contribution >= 0.6 is 15.9 Å². The summed E-state index contributed by atoms with van der Waals surface area (Å²) in [6, 6.07) is 2.59. The zero-order valence-electron chi connectivity index (χ0n) is 18.6. The predicted octanol–water partition coefficient (Wildman–Crippen LogP) is 3.38. The first-order chi connectivity index (χ1) is 15.1. The molecule has 1 aliphatic heterocycles. The number of benzene rings is 1. The highest BCUT2D eigenvalue weighted by Gasteiger charge is 2.61. The van der Waals surface area contributed by atoms with Gasteiger partial charge in [0.1, 0.15) is 6.04 Å². The van der Waals surface area contributed by atoms with Crippen molar-refractivity contribution in [1.29, 1.82) is 0 Å². The number of ether oxygens (including phenoxy) is 1. The molecule has 0 spiro atoms. The number of aryl methyl sites for hydroxylation is 2. The summed E-state index contributed by atoms with van der Waals surface area (Å²) in [6.45, 7) is 6.87. The number of esters is 1. The van der Waals surface area contributed by atoms with Crippen LogP contribution in [0.15, 0.2) is 28.8 Å². The van der Waals surface area contributed by atoms with Crippen molar-refractivity contribution in [2.45, 2.75) is 40.2 Å². The summed E-state index contributed by atoms with van der Waals surface area (Å²) in [4.78, 5) is 52.5. The van der Waals surface area contributed by atoms with E-state index in [2.05, 4.69) is 21.2 Å². The van der Waals surface area contributed by atoms with Crippen molar-refractivity contribution in [3.05, 3.63) is 39.9 Å². The minimum atomic E-state index is -1.04. The lowest BCUT2D eigenvalue weighted by molar-refractivity contribution is -0.162. The van der Waals surface area contributed by atoms with E-state index in [-0.39, 0.29) is 41.4 Å². The molecule has 1 aromatic rings. The first-order valence-electron chi connectivity index (χ1n) is 10.9. The van der Waals surface area contributed by atoms with E-state index < -0.39 is 24.5 Å². The number of nitrogens with zero attached hydrogens (tertiary/aromatic N) is 1. The van der Waals surface area contributed by atoms with Crippen LogP contribution in [-0.4, -0.2) is 41.2 Å². The standard InChI is InChI=1S/C24H27BrN2O5/c1-11(2)21(27-22(29)18-14-5-6-15(9-14)19(18)23(27)30)24(31)32-10-17(28)26-16-7-12(3)20(25)13(4)8-16/h5-8,11,14-15,18-19,21H,9-10H2,1-4H3,(H,26,28)/t14-,15-,18-,19+,21+/m0/s1. The molecule has 1 saturated heterocycles. The third-order valence-corrected chi connectivity index (χ3v) is 7.97. The highest BCUT2D eigenvalue weighted by atomic mass is 79.9. The van der Waals surface area contributed by atoms with Gasteiger partial charge in [-0.1, -0.05) is 41.9 Å². The second kappa shape index (κ2) is 8.46. The van der Waals surface area contributed by atoms with Crippen molar-refractivity contribution in [1.82, 2.24) is 4.90 Å². The third-order valence-electron chi connectivity index (χ3n) is 6.72. The monoisotopic (exact) mass is 502 g/mol. The Labute approximate surface area is 195 Å². The van der Waals surface area contributed by atoms with Crippen molar-refractivity contribution in [3.63, 3.8) is 0 Å². The van der Waals surface area contributed by atoms with Crippen LogP contribution in [0, 0.1) is 43.4 Å². The van der Waals surface area contributed by atoms with E-state index in [4.69, 9.17) is 4.74 Å². The normalized spacial score (nSPS) is 26.6. The Bertz CT molecular complexity index is 980. The van der Waals surface area contributed by atoms with Gasteiger partial charge in [0.15, 0.2) is 6.61 Å². The van der Waals surface area contributed by atoms with Crippen LogP contribution in [0.5, 0.6) is 0 Å². The van der Waals surface area contributed by atoms with Crippen LogP contribution in [0.25, 0.3) is 0 Å². The Kier molecular flexibility index (Phi) is 6.00. The van der Waals surface area contributed by atoms with E-state index in [9.17, 15) is 19.2 Å². The first kappa shape index (κ1) is 22.7. The Hall–Kier alpha value is -2.48. The van der Waals surface area contributed by atoms with Crippen molar-refractivity contribution in [2.75, 3.05) is 11.9 Å². The molecule has 1 saturated carbocycles. The molecule has 0 radical (unpaired) electrons. The van der Waals surface area contributed by atoms with E-state index >= 15 is 0 Å². The maximum absolute atomic E-state index is 13.1. The molecule has 3 aliphatic rings. The van der Waals surface area contributed by atoms with Gasteiger partial charge in [0.25, 0.3) is 5.91 Å². The van der Waals surface area contributed by atoms with Crippen LogP contribution in [0.1, 0.15) is 31.4 Å². The lowest BCUT2D eigenvalue weighted by atomic mass is 9.85. The molecule has 8 heteroatoms. The number of carbonyl (C=O) groups is 4. The molecule has 2 bridgehead atoms. The highest BCUT2D eigenvalue weighted by Crippen LogP contribution is 2.53. The van der Waals surface area contributed by atoms with E-state index in [1.54, 1.807) is 13.8 Å². The average Bonchev–Trinajstić information content (AvgIpc) is 3.40. The lowest BCUT2D eigenvalue weighted by Gasteiger charge is -2.28. The second-order valence-corrected chi connectivity index (χ2v) is 10.1. The van der Waals surface area contributed by atoms with Crippen molar-refractivity contribution < 1.29 is 23.9 Å². The third kappa shape index (κ3) is 3.78. The van der Waals surface area contributed by atoms with Crippen LogP contribution < -0.4 is 5.32 Å². The van der Waals surface area contributed by atoms with E-state index in [0.29, 0.717) is 5.69 Å². The average molecular weight is 503 g/mol. The minimum absolute atomic E-state index is 0.0684. The number of hydrogen-bond acceptors (Lipinski definition) is 5. The van der Waals surface area contributed by atoms with Gasteiger partial charge in [-0.2, -0.15) is 0 Å².